The third-order valence-electron chi connectivity index (χ3n) is 4.20. The molecule has 0 unspecified atom stereocenters. The van der Waals surface area contributed by atoms with Crippen LogP contribution < -0.4 is 0 Å². The summed E-state index contributed by atoms with van der Waals surface area (Å²) in [7, 11) is 1.87. The molecule has 0 aromatic rings. The van der Waals surface area contributed by atoms with Gasteiger partial charge in [-0.25, -0.2) is 0 Å². The van der Waals surface area contributed by atoms with Gasteiger partial charge in [0, 0.05) is 45.1 Å². The van der Waals surface area contributed by atoms with Gasteiger partial charge in [-0.15, -0.1) is 0 Å². The Kier molecular flexibility index (Phi) is 13.0. The lowest BCUT2D eigenvalue weighted by molar-refractivity contribution is -0.131. The second-order valence-corrected chi connectivity index (χ2v) is 6.95. The van der Waals surface area contributed by atoms with Crippen molar-refractivity contribution in [2.24, 2.45) is 5.92 Å². The van der Waals surface area contributed by atoms with Crippen LogP contribution in [0.2, 0.25) is 0 Å². The van der Waals surface area contributed by atoms with Crippen LogP contribution in [0.3, 0.4) is 0 Å². The molecular weight excluding hydrogens is 290 g/mol. The lowest BCUT2D eigenvalue weighted by atomic mass is 10.0. The topological polar surface area (TPSA) is 46.6 Å². The van der Waals surface area contributed by atoms with Crippen molar-refractivity contribution in [3.63, 3.8) is 0 Å². The van der Waals surface area contributed by atoms with Gasteiger partial charge >= 0.3 is 0 Å². The lowest BCUT2D eigenvalue weighted by Gasteiger charge is -2.21. The molecule has 0 atom stereocenters. The molecule has 23 heavy (non-hydrogen) atoms. The molecule has 0 heterocycles. The zero-order chi connectivity index (χ0) is 17.7. The number of unbranched alkanes of at least 4 members (excludes halogenated alkanes) is 4. The molecule has 4 nitrogen and oxygen atoms in total. The van der Waals surface area contributed by atoms with Crippen LogP contribution in [0.1, 0.15) is 79.1 Å². The van der Waals surface area contributed by atoms with Gasteiger partial charge in [0.1, 0.15) is 5.78 Å². The van der Waals surface area contributed by atoms with Gasteiger partial charge in [0.15, 0.2) is 0 Å². The van der Waals surface area contributed by atoms with Crippen LogP contribution in [0, 0.1) is 5.92 Å². The third kappa shape index (κ3) is 12.2. The Morgan fingerprint density at radius 3 is 1.83 bits per heavy atom. The van der Waals surface area contributed by atoms with Crippen LogP contribution >= 0.6 is 0 Å². The molecule has 0 aliphatic heterocycles. The number of ketones is 1. The Morgan fingerprint density at radius 2 is 1.35 bits per heavy atom. The van der Waals surface area contributed by atoms with Gasteiger partial charge in [-0.3, -0.25) is 9.59 Å². The minimum absolute atomic E-state index is 0.165. The fourth-order valence-electron chi connectivity index (χ4n) is 2.19. The van der Waals surface area contributed by atoms with E-state index in [1.807, 2.05) is 34.7 Å². The first kappa shape index (κ1) is 22.1. The lowest BCUT2D eigenvalue weighted by Crippen LogP contribution is -2.32. The summed E-state index contributed by atoms with van der Waals surface area (Å²) < 4.78 is 5.60. The van der Waals surface area contributed by atoms with Crippen LogP contribution in [0.25, 0.3) is 0 Å². The second-order valence-electron chi connectivity index (χ2n) is 6.95. The first-order valence-corrected chi connectivity index (χ1v) is 9.22. The van der Waals surface area contributed by atoms with E-state index in [1.165, 1.54) is 0 Å². The molecule has 0 rings (SSSR count). The Morgan fingerprint density at radius 1 is 0.826 bits per heavy atom. The van der Waals surface area contributed by atoms with Crippen LogP contribution in [0.4, 0.5) is 0 Å². The van der Waals surface area contributed by atoms with Crippen molar-refractivity contribution in [1.82, 2.24) is 4.90 Å². The summed E-state index contributed by atoms with van der Waals surface area (Å²) in [5.74, 6) is 0.763. The molecule has 0 aliphatic carbocycles. The van der Waals surface area contributed by atoms with Gasteiger partial charge in [0.25, 0.3) is 0 Å². The SMILES string of the molecule is CC(C)C(=O)CCCCCOCCCCCC(=O)N(C)C(C)C. The molecule has 0 saturated heterocycles. The maximum atomic E-state index is 11.8. The first-order valence-electron chi connectivity index (χ1n) is 9.22. The third-order valence-corrected chi connectivity index (χ3v) is 4.20. The van der Waals surface area contributed by atoms with E-state index in [4.69, 9.17) is 4.74 Å². The first-order chi connectivity index (χ1) is 10.9. The van der Waals surface area contributed by atoms with Crippen molar-refractivity contribution in [2.45, 2.75) is 85.1 Å². The molecular formula is C19H37NO3. The van der Waals surface area contributed by atoms with Gasteiger partial charge in [-0.1, -0.05) is 26.7 Å². The van der Waals surface area contributed by atoms with Gasteiger partial charge in [-0.2, -0.15) is 0 Å². The number of rotatable bonds is 14. The number of carbonyl (C=O) groups excluding carboxylic acids is 2. The summed E-state index contributed by atoms with van der Waals surface area (Å²) in [5.41, 5.74) is 0. The fourth-order valence-corrected chi connectivity index (χ4v) is 2.19. The predicted octanol–water partition coefficient (Wildman–Crippen LogP) is 4.22. The molecule has 0 fully saturated rings. The van der Waals surface area contributed by atoms with Crippen LogP contribution in [-0.4, -0.2) is 42.9 Å². The Bertz CT molecular complexity index is 327. The summed E-state index contributed by atoms with van der Waals surface area (Å²) in [6.45, 7) is 9.54. The maximum Gasteiger partial charge on any atom is 0.222 e. The smallest absolute Gasteiger partial charge is 0.222 e. The molecule has 0 saturated carbocycles. The zero-order valence-corrected chi connectivity index (χ0v) is 15.9. The second kappa shape index (κ2) is 13.5. The minimum atomic E-state index is 0.165. The van der Waals surface area contributed by atoms with E-state index in [0.29, 0.717) is 18.6 Å². The fraction of sp³-hybridized carbons (Fsp3) is 0.895. The minimum Gasteiger partial charge on any atom is -0.381 e. The summed E-state index contributed by atoms with van der Waals surface area (Å²) in [6, 6.07) is 0.279. The molecule has 0 N–H and O–H groups in total. The van der Waals surface area contributed by atoms with Crippen LogP contribution in [0.15, 0.2) is 0 Å². The largest absolute Gasteiger partial charge is 0.381 e. The summed E-state index contributed by atoms with van der Waals surface area (Å²) >= 11 is 0. The number of hydrogen-bond donors (Lipinski definition) is 0. The quantitative estimate of drug-likeness (QED) is 0.449. The van der Waals surface area contributed by atoms with Crippen molar-refractivity contribution in [3.8, 4) is 0 Å². The Balaban J connectivity index is 3.31. The van der Waals surface area contributed by atoms with Gasteiger partial charge in [0.2, 0.25) is 5.91 Å². The number of carbonyl (C=O) groups is 2. The van der Waals surface area contributed by atoms with Gasteiger partial charge in [0.05, 0.1) is 0 Å². The van der Waals surface area contributed by atoms with E-state index in [9.17, 15) is 9.59 Å². The summed E-state index contributed by atoms with van der Waals surface area (Å²) in [6.07, 6.45) is 7.42. The zero-order valence-electron chi connectivity index (χ0n) is 15.9. The highest BCUT2D eigenvalue weighted by Gasteiger charge is 2.10. The average molecular weight is 328 g/mol. The number of nitrogens with zero attached hydrogens (tertiary/aromatic N) is 1. The highest BCUT2D eigenvalue weighted by molar-refractivity contribution is 5.80. The highest BCUT2D eigenvalue weighted by Crippen LogP contribution is 2.07. The highest BCUT2D eigenvalue weighted by atomic mass is 16.5. The molecule has 4 heteroatoms. The summed E-state index contributed by atoms with van der Waals surface area (Å²) in [4.78, 5) is 25.0. The molecule has 0 radical (unpaired) electrons. The Hall–Kier alpha value is -0.900. The van der Waals surface area contributed by atoms with E-state index in [0.717, 1.165) is 51.7 Å². The standard InChI is InChI=1S/C19H37NO3/c1-16(2)18(21)12-8-6-10-14-23-15-11-7-9-13-19(22)20(5)17(3)4/h16-17H,6-15H2,1-5H3. The predicted molar refractivity (Wildman–Crippen MR) is 95.5 cm³/mol. The number of Topliss-reactive ketones (excluding diaryl/α,β-unsaturated/α-hetero) is 1. The molecule has 0 aliphatic rings. The average Bonchev–Trinajstić information content (AvgIpc) is 2.50. The molecule has 0 aromatic carbocycles. The normalized spacial score (nSPS) is 11.3. The van der Waals surface area contributed by atoms with Crippen molar-refractivity contribution in [2.75, 3.05) is 20.3 Å². The van der Waals surface area contributed by atoms with Gasteiger partial charge < -0.3 is 9.64 Å². The molecule has 1 amide bonds. The number of amides is 1. The Labute approximate surface area is 143 Å². The van der Waals surface area contributed by atoms with Gasteiger partial charge in [-0.05, 0) is 39.5 Å². The summed E-state index contributed by atoms with van der Waals surface area (Å²) in [5, 5.41) is 0. The van der Waals surface area contributed by atoms with Crippen molar-refractivity contribution >= 4 is 11.7 Å². The molecule has 136 valence electrons. The van der Waals surface area contributed by atoms with E-state index in [2.05, 4.69) is 0 Å². The van der Waals surface area contributed by atoms with E-state index in [-0.39, 0.29) is 17.9 Å². The monoisotopic (exact) mass is 327 g/mol. The molecule has 0 spiro atoms. The van der Waals surface area contributed by atoms with Crippen molar-refractivity contribution in [3.05, 3.63) is 0 Å². The van der Waals surface area contributed by atoms with E-state index in [1.54, 1.807) is 4.90 Å². The van der Waals surface area contributed by atoms with Crippen LogP contribution in [0.5, 0.6) is 0 Å². The van der Waals surface area contributed by atoms with Crippen molar-refractivity contribution < 1.29 is 14.3 Å². The van der Waals surface area contributed by atoms with E-state index < -0.39 is 0 Å². The van der Waals surface area contributed by atoms with Crippen LogP contribution in [-0.2, 0) is 14.3 Å². The number of ether oxygens (including phenoxy) is 1. The van der Waals surface area contributed by atoms with Crippen molar-refractivity contribution in [1.29, 1.82) is 0 Å². The maximum absolute atomic E-state index is 11.8. The molecule has 0 bridgehead atoms. The molecule has 0 aromatic heterocycles. The van der Waals surface area contributed by atoms with E-state index >= 15 is 0 Å². The number of hydrogen-bond acceptors (Lipinski definition) is 3.